The first kappa shape index (κ1) is 18.2. The first-order valence-corrected chi connectivity index (χ1v) is 8.32. The summed E-state index contributed by atoms with van der Waals surface area (Å²) in [7, 11) is 0. The summed E-state index contributed by atoms with van der Waals surface area (Å²) in [5.41, 5.74) is 1.90. The normalized spacial score (nSPS) is 11.6. The van der Waals surface area contributed by atoms with Gasteiger partial charge in [0.05, 0.1) is 0 Å². The molecular formula is C19H19N3O5. The summed E-state index contributed by atoms with van der Waals surface area (Å²) in [4.78, 5) is 35.1. The molecule has 1 aliphatic heterocycles. The van der Waals surface area contributed by atoms with E-state index in [4.69, 9.17) is 9.47 Å². The van der Waals surface area contributed by atoms with Gasteiger partial charge in [-0.05, 0) is 35.9 Å². The number of benzene rings is 2. The van der Waals surface area contributed by atoms with E-state index in [-0.39, 0.29) is 25.7 Å². The van der Waals surface area contributed by atoms with Gasteiger partial charge < -0.3 is 25.4 Å². The quantitative estimate of drug-likeness (QED) is 0.676. The van der Waals surface area contributed by atoms with E-state index in [1.54, 1.807) is 36.4 Å². The van der Waals surface area contributed by atoms with Crippen LogP contribution in [0.5, 0.6) is 11.5 Å². The van der Waals surface area contributed by atoms with Crippen molar-refractivity contribution in [3.8, 4) is 11.5 Å². The summed E-state index contributed by atoms with van der Waals surface area (Å²) in [5, 5.41) is 7.95. The highest BCUT2D eigenvalue weighted by Gasteiger charge is 2.14. The maximum atomic E-state index is 12.0. The summed E-state index contributed by atoms with van der Waals surface area (Å²) in [6, 6.07) is 12.1. The van der Waals surface area contributed by atoms with Crippen molar-refractivity contribution in [2.45, 2.75) is 19.9 Å². The van der Waals surface area contributed by atoms with Crippen molar-refractivity contribution in [1.82, 2.24) is 5.32 Å². The van der Waals surface area contributed by atoms with Crippen LogP contribution in [0.1, 0.15) is 18.9 Å². The molecule has 0 bridgehead atoms. The molecule has 1 aliphatic rings. The highest BCUT2D eigenvalue weighted by atomic mass is 16.7. The number of hydrogen-bond donors (Lipinski definition) is 3. The van der Waals surface area contributed by atoms with Gasteiger partial charge in [0, 0.05) is 24.8 Å². The van der Waals surface area contributed by atoms with Crippen LogP contribution < -0.4 is 25.4 Å². The molecule has 0 aliphatic carbocycles. The van der Waals surface area contributed by atoms with Gasteiger partial charge in [-0.15, -0.1) is 0 Å². The molecule has 0 radical (unpaired) electrons. The lowest BCUT2D eigenvalue weighted by atomic mass is 10.2. The second kappa shape index (κ2) is 8.22. The Hall–Kier alpha value is -3.55. The molecule has 3 N–H and O–H groups in total. The molecule has 0 saturated carbocycles. The fourth-order valence-electron chi connectivity index (χ4n) is 2.54. The smallest absolute Gasteiger partial charge is 0.233 e. The zero-order chi connectivity index (χ0) is 19.2. The predicted octanol–water partition coefficient (Wildman–Crippen LogP) is 2.02. The van der Waals surface area contributed by atoms with E-state index in [0.717, 1.165) is 5.56 Å². The average molecular weight is 369 g/mol. The Kier molecular flexibility index (Phi) is 5.55. The molecule has 2 aromatic carbocycles. The number of rotatable bonds is 6. The van der Waals surface area contributed by atoms with Gasteiger partial charge >= 0.3 is 0 Å². The van der Waals surface area contributed by atoms with Gasteiger partial charge in [-0.25, -0.2) is 0 Å². The largest absolute Gasteiger partial charge is 0.454 e. The Morgan fingerprint density at radius 2 is 1.67 bits per heavy atom. The highest BCUT2D eigenvalue weighted by Crippen LogP contribution is 2.32. The number of fused-ring (bicyclic) bond motifs is 1. The zero-order valence-corrected chi connectivity index (χ0v) is 14.7. The van der Waals surface area contributed by atoms with Crippen LogP contribution in [-0.4, -0.2) is 24.5 Å². The molecule has 1 heterocycles. The lowest BCUT2D eigenvalue weighted by Crippen LogP contribution is -2.27. The second-order valence-electron chi connectivity index (χ2n) is 5.95. The molecule has 2 aromatic rings. The minimum absolute atomic E-state index is 0.189. The van der Waals surface area contributed by atoms with Crippen molar-refractivity contribution in [2.24, 2.45) is 0 Å². The van der Waals surface area contributed by atoms with Crippen molar-refractivity contribution >= 4 is 29.1 Å². The van der Waals surface area contributed by atoms with Crippen LogP contribution in [0.15, 0.2) is 42.5 Å². The van der Waals surface area contributed by atoms with Gasteiger partial charge in [0.2, 0.25) is 24.5 Å². The van der Waals surface area contributed by atoms with Crippen LogP contribution in [0.25, 0.3) is 0 Å². The summed E-state index contributed by atoms with van der Waals surface area (Å²) in [6.45, 7) is 1.87. The van der Waals surface area contributed by atoms with Gasteiger partial charge in [-0.2, -0.15) is 0 Å². The lowest BCUT2D eigenvalue weighted by molar-refractivity contribution is -0.127. The number of nitrogens with one attached hydrogen (secondary N) is 3. The minimum Gasteiger partial charge on any atom is -0.454 e. The molecule has 3 rings (SSSR count). The number of ether oxygens (including phenoxy) is 2. The third kappa shape index (κ3) is 5.21. The van der Waals surface area contributed by atoms with Crippen LogP contribution >= 0.6 is 0 Å². The number of amides is 3. The van der Waals surface area contributed by atoms with E-state index >= 15 is 0 Å². The molecule has 0 spiro atoms. The maximum Gasteiger partial charge on any atom is 0.233 e. The highest BCUT2D eigenvalue weighted by molar-refractivity contribution is 6.03. The summed E-state index contributed by atoms with van der Waals surface area (Å²) < 4.78 is 10.5. The van der Waals surface area contributed by atoms with E-state index in [1.165, 1.54) is 6.92 Å². The van der Waals surface area contributed by atoms with Gasteiger partial charge in [0.15, 0.2) is 11.5 Å². The van der Waals surface area contributed by atoms with Crippen LogP contribution in [0.4, 0.5) is 11.4 Å². The third-order valence-electron chi connectivity index (χ3n) is 3.71. The van der Waals surface area contributed by atoms with Gasteiger partial charge in [-0.3, -0.25) is 14.4 Å². The van der Waals surface area contributed by atoms with Gasteiger partial charge in [-0.1, -0.05) is 12.1 Å². The number of carbonyl (C=O) groups excluding carboxylic acids is 3. The summed E-state index contributed by atoms with van der Waals surface area (Å²) in [6.07, 6.45) is -0.311. The third-order valence-corrected chi connectivity index (χ3v) is 3.71. The monoisotopic (exact) mass is 369 g/mol. The number of anilines is 2. The zero-order valence-electron chi connectivity index (χ0n) is 14.7. The van der Waals surface area contributed by atoms with Crippen LogP contribution in [0.3, 0.4) is 0 Å². The molecule has 0 fully saturated rings. The molecule has 3 amide bonds. The van der Waals surface area contributed by atoms with Crippen LogP contribution in [0, 0.1) is 0 Å². The van der Waals surface area contributed by atoms with E-state index < -0.39 is 11.8 Å². The topological polar surface area (TPSA) is 106 Å². The van der Waals surface area contributed by atoms with E-state index in [2.05, 4.69) is 16.0 Å². The molecule has 0 atom stereocenters. The standard InChI is InChI=1S/C19H19N3O5/c1-12(23)21-14-3-2-4-15(8-14)22-19(25)9-18(24)20-10-13-5-6-16-17(7-13)27-11-26-16/h2-8H,9-11H2,1H3,(H,20,24)(H,21,23)(H,22,25). The molecule has 0 unspecified atom stereocenters. The number of carbonyl (C=O) groups is 3. The SMILES string of the molecule is CC(=O)Nc1cccc(NC(=O)CC(=O)NCc2ccc3c(c2)OCO3)c1. The lowest BCUT2D eigenvalue weighted by Gasteiger charge is -2.09. The Labute approximate surface area is 155 Å². The molecule has 8 nitrogen and oxygen atoms in total. The van der Waals surface area contributed by atoms with Crippen molar-refractivity contribution in [2.75, 3.05) is 17.4 Å². The molecule has 0 aromatic heterocycles. The number of hydrogen-bond acceptors (Lipinski definition) is 5. The van der Waals surface area contributed by atoms with Gasteiger partial charge in [0.1, 0.15) is 6.42 Å². The Bertz CT molecular complexity index is 881. The van der Waals surface area contributed by atoms with E-state index in [0.29, 0.717) is 22.9 Å². The van der Waals surface area contributed by atoms with Crippen molar-refractivity contribution < 1.29 is 23.9 Å². The predicted molar refractivity (Wildman–Crippen MR) is 98.4 cm³/mol. The van der Waals surface area contributed by atoms with Crippen molar-refractivity contribution in [1.29, 1.82) is 0 Å². The molecule has 140 valence electrons. The molecule has 8 heteroatoms. The second-order valence-corrected chi connectivity index (χ2v) is 5.95. The molecular weight excluding hydrogens is 350 g/mol. The fraction of sp³-hybridized carbons (Fsp3) is 0.211. The molecule has 27 heavy (non-hydrogen) atoms. The Morgan fingerprint density at radius 3 is 2.44 bits per heavy atom. The Balaban J connectivity index is 1.48. The van der Waals surface area contributed by atoms with E-state index in [9.17, 15) is 14.4 Å². The average Bonchev–Trinajstić information content (AvgIpc) is 3.07. The van der Waals surface area contributed by atoms with Crippen LogP contribution in [-0.2, 0) is 20.9 Å². The minimum atomic E-state index is -0.446. The summed E-state index contributed by atoms with van der Waals surface area (Å²) >= 11 is 0. The van der Waals surface area contributed by atoms with E-state index in [1.807, 2.05) is 6.07 Å². The van der Waals surface area contributed by atoms with Crippen molar-refractivity contribution in [3.05, 3.63) is 48.0 Å². The first-order chi connectivity index (χ1) is 13.0. The van der Waals surface area contributed by atoms with Crippen molar-refractivity contribution in [3.63, 3.8) is 0 Å². The maximum absolute atomic E-state index is 12.0. The van der Waals surface area contributed by atoms with Gasteiger partial charge in [0.25, 0.3) is 0 Å². The summed E-state index contributed by atoms with van der Waals surface area (Å²) in [5.74, 6) is 0.257. The van der Waals surface area contributed by atoms with Crippen LogP contribution in [0.2, 0.25) is 0 Å². The molecule has 0 saturated heterocycles. The fourth-order valence-corrected chi connectivity index (χ4v) is 2.54. The first-order valence-electron chi connectivity index (χ1n) is 8.32. The Morgan fingerprint density at radius 1 is 0.926 bits per heavy atom.